The summed E-state index contributed by atoms with van der Waals surface area (Å²) in [5.74, 6) is 0. The summed E-state index contributed by atoms with van der Waals surface area (Å²) in [6, 6.07) is 105. The summed E-state index contributed by atoms with van der Waals surface area (Å²) < 4.78 is 2.50. The first kappa shape index (κ1) is 51.0. The Balaban J connectivity index is 1.12. The molecule has 4 heteroatoms. The van der Waals surface area contributed by atoms with Crippen LogP contribution < -0.4 is 26.2 Å². The van der Waals surface area contributed by atoms with E-state index in [2.05, 4.69) is 321 Å². The van der Waals surface area contributed by atoms with Crippen LogP contribution in [0.25, 0.3) is 83.1 Å². The molecule has 0 unspecified atom stereocenters. The summed E-state index contributed by atoms with van der Waals surface area (Å²) in [4.78, 5) is 5.41. The Kier molecular flexibility index (Phi) is 12.6. The van der Waals surface area contributed by atoms with E-state index in [1.807, 2.05) is 0 Å². The van der Waals surface area contributed by atoms with Crippen LogP contribution in [-0.2, 0) is 11.8 Å². The van der Waals surface area contributed by atoms with Crippen molar-refractivity contribution in [2.75, 3.05) is 9.80 Å². The van der Waals surface area contributed by atoms with E-state index in [0.29, 0.717) is 0 Å². The maximum absolute atomic E-state index is 2.73. The largest absolute Gasteiger partial charge is 0.310 e. The van der Waals surface area contributed by atoms with Crippen molar-refractivity contribution in [3.8, 4) is 61.3 Å². The van der Waals surface area contributed by atoms with Gasteiger partial charge in [-0.2, -0.15) is 0 Å². The summed E-state index contributed by atoms with van der Waals surface area (Å²) in [6.07, 6.45) is 3.11. The molecule has 0 amide bonds. The number of benzene rings is 12. The predicted octanol–water partition coefficient (Wildman–Crippen LogP) is 19.8. The van der Waals surface area contributed by atoms with Gasteiger partial charge < -0.3 is 14.4 Å². The third-order valence-electron chi connectivity index (χ3n) is 17.7. The van der Waals surface area contributed by atoms with Gasteiger partial charge >= 0.3 is 0 Å². The van der Waals surface area contributed by atoms with E-state index in [1.165, 1.54) is 122 Å². The average molecular weight is 1080 g/mol. The normalized spacial score (nSPS) is 12.6. The average Bonchev–Trinajstić information content (AvgIpc) is 0.806. The zero-order valence-corrected chi connectivity index (χ0v) is 48.1. The van der Waals surface area contributed by atoms with Crippen molar-refractivity contribution in [2.45, 2.75) is 52.4 Å². The summed E-state index contributed by atoms with van der Waals surface area (Å²) in [7, 11) is 0. The Labute approximate surface area is 494 Å². The molecule has 1 aromatic heterocycles. The molecule has 0 atom stereocenters. The minimum atomic E-state index is -0.243. The lowest BCUT2D eigenvalue weighted by molar-refractivity contribution is 0.590. The molecule has 3 heterocycles. The van der Waals surface area contributed by atoms with Gasteiger partial charge in [-0.3, -0.25) is 0 Å². The maximum Gasteiger partial charge on any atom is 0.252 e. The van der Waals surface area contributed by atoms with Crippen molar-refractivity contribution in [2.24, 2.45) is 0 Å². The molecule has 402 valence electrons. The second kappa shape index (κ2) is 20.8. The van der Waals surface area contributed by atoms with Gasteiger partial charge in [0.2, 0.25) is 0 Å². The van der Waals surface area contributed by atoms with E-state index in [0.717, 1.165) is 41.8 Å². The number of fused-ring (bicyclic) bond motifs is 7. The Morgan fingerprint density at radius 1 is 0.357 bits per heavy atom. The van der Waals surface area contributed by atoms with Gasteiger partial charge in [-0.1, -0.05) is 259 Å². The third kappa shape index (κ3) is 8.58. The van der Waals surface area contributed by atoms with Crippen LogP contribution in [0.3, 0.4) is 0 Å². The number of rotatable bonds is 11. The topological polar surface area (TPSA) is 11.4 Å². The number of aryl methyl sites for hydroxylation is 1. The molecule has 0 N–H and O–H groups in total. The van der Waals surface area contributed by atoms with Gasteiger partial charge in [-0.15, -0.1) is 0 Å². The minimum Gasteiger partial charge on any atom is -0.310 e. The zero-order valence-electron chi connectivity index (χ0n) is 48.1. The van der Waals surface area contributed by atoms with Crippen LogP contribution >= 0.6 is 0 Å². The van der Waals surface area contributed by atoms with Crippen LogP contribution in [0.15, 0.2) is 279 Å². The monoisotopic (exact) mass is 1080 g/mol. The minimum absolute atomic E-state index is 0.149. The van der Waals surface area contributed by atoms with Crippen LogP contribution in [0.1, 0.15) is 51.7 Å². The zero-order chi connectivity index (χ0) is 56.5. The maximum atomic E-state index is 2.73. The first-order valence-electron chi connectivity index (χ1n) is 29.9. The summed E-state index contributed by atoms with van der Waals surface area (Å²) in [5.41, 5.74) is 28.7. The van der Waals surface area contributed by atoms with E-state index < -0.39 is 0 Å². The first-order valence-corrected chi connectivity index (χ1v) is 29.9. The lowest BCUT2D eigenvalue weighted by Gasteiger charge is -2.46. The van der Waals surface area contributed by atoms with Gasteiger partial charge in [-0.25, -0.2) is 0 Å². The van der Waals surface area contributed by atoms with Gasteiger partial charge in [0.1, 0.15) is 0 Å². The quantitative estimate of drug-likeness (QED) is 0.120. The van der Waals surface area contributed by atoms with Gasteiger partial charge in [0, 0.05) is 55.9 Å². The Hall–Kier alpha value is -9.90. The summed E-state index contributed by atoms with van der Waals surface area (Å²) in [5, 5.41) is 2.50. The van der Waals surface area contributed by atoms with Crippen LogP contribution in [0, 0.1) is 0 Å². The standard InChI is InChI=1S/C80H64BN3/c1-5-6-27-59-38-26-41-64(56-32-16-9-17-33-56)78(59)84-74-53-63(82-71-42-24-22-39-65(71)66-40-23-25-43-72(66)82)45-46-69(74)81-70-50-60(54-28-12-7-13-29-54)44-47-73(70)83(75-51-62(80(2,3)4)52-76(84)77(75)81)79-67(57-34-18-10-19-35-57)48-61(55-30-14-8-15-31-55)49-68(79)58-36-20-11-21-37-58/h7-26,28-53H,5-6,27H2,1-4H3. The number of anilines is 6. The van der Waals surface area contributed by atoms with Crippen molar-refractivity contribution < 1.29 is 0 Å². The lowest BCUT2D eigenvalue weighted by atomic mass is 9.33. The summed E-state index contributed by atoms with van der Waals surface area (Å²) >= 11 is 0. The third-order valence-corrected chi connectivity index (χ3v) is 17.7. The molecule has 0 radical (unpaired) electrons. The van der Waals surface area contributed by atoms with E-state index >= 15 is 0 Å². The lowest BCUT2D eigenvalue weighted by Crippen LogP contribution is -2.61. The van der Waals surface area contributed by atoms with E-state index in [4.69, 9.17) is 0 Å². The van der Waals surface area contributed by atoms with Gasteiger partial charge in [0.25, 0.3) is 6.71 Å². The fourth-order valence-corrected chi connectivity index (χ4v) is 13.7. The molecule has 84 heavy (non-hydrogen) atoms. The molecule has 12 aromatic carbocycles. The van der Waals surface area contributed by atoms with E-state index in [9.17, 15) is 0 Å². The predicted molar refractivity (Wildman–Crippen MR) is 359 cm³/mol. The second-order valence-corrected chi connectivity index (χ2v) is 23.8. The molecule has 0 spiro atoms. The van der Waals surface area contributed by atoms with Gasteiger partial charge in [0.05, 0.1) is 22.4 Å². The fraction of sp³-hybridized carbons (Fsp3) is 0.100. The van der Waals surface area contributed by atoms with Crippen molar-refractivity contribution in [1.82, 2.24) is 4.57 Å². The van der Waals surface area contributed by atoms with E-state index in [-0.39, 0.29) is 12.1 Å². The van der Waals surface area contributed by atoms with Gasteiger partial charge in [0.15, 0.2) is 0 Å². The number of hydrogen-bond acceptors (Lipinski definition) is 2. The van der Waals surface area contributed by atoms with E-state index in [1.54, 1.807) is 0 Å². The highest BCUT2D eigenvalue weighted by atomic mass is 15.2. The summed E-state index contributed by atoms with van der Waals surface area (Å²) in [6.45, 7) is 9.33. The van der Waals surface area contributed by atoms with Gasteiger partial charge in [-0.05, 0) is 139 Å². The molecular weight excluding hydrogens is 1010 g/mol. The van der Waals surface area contributed by atoms with Crippen molar-refractivity contribution in [1.29, 1.82) is 0 Å². The Morgan fingerprint density at radius 3 is 1.40 bits per heavy atom. The molecule has 13 aromatic rings. The van der Waals surface area contributed by atoms with Crippen molar-refractivity contribution in [3.05, 3.63) is 290 Å². The highest BCUT2D eigenvalue weighted by molar-refractivity contribution is 7.00. The highest BCUT2D eigenvalue weighted by Gasteiger charge is 2.46. The van der Waals surface area contributed by atoms with Crippen LogP contribution in [0.4, 0.5) is 34.1 Å². The number of hydrogen-bond donors (Lipinski definition) is 0. The molecule has 2 aliphatic heterocycles. The fourth-order valence-electron chi connectivity index (χ4n) is 13.7. The molecule has 0 bridgehead atoms. The number of para-hydroxylation sites is 3. The number of aromatic nitrogens is 1. The smallest absolute Gasteiger partial charge is 0.252 e. The van der Waals surface area contributed by atoms with Crippen molar-refractivity contribution >= 4 is 79.0 Å². The number of nitrogens with zero attached hydrogens (tertiary/aromatic N) is 3. The van der Waals surface area contributed by atoms with Crippen LogP contribution in [0.5, 0.6) is 0 Å². The Morgan fingerprint density at radius 2 is 0.857 bits per heavy atom. The van der Waals surface area contributed by atoms with Crippen LogP contribution in [0.2, 0.25) is 0 Å². The molecule has 0 aliphatic carbocycles. The number of unbranched alkanes of at least 4 members (excludes halogenated alkanes) is 1. The second-order valence-electron chi connectivity index (χ2n) is 23.8. The highest BCUT2D eigenvalue weighted by Crippen LogP contribution is 2.54. The Bertz CT molecular complexity index is 4500. The van der Waals surface area contributed by atoms with Crippen LogP contribution in [-0.4, -0.2) is 11.3 Å². The molecule has 0 fully saturated rings. The molecule has 2 aliphatic rings. The molecule has 15 rings (SSSR count). The molecular formula is C80H64BN3. The first-order chi connectivity index (χ1) is 41.3. The molecule has 0 saturated heterocycles. The molecule has 0 saturated carbocycles. The molecule has 3 nitrogen and oxygen atoms in total. The van der Waals surface area contributed by atoms with Crippen molar-refractivity contribution in [3.63, 3.8) is 0 Å². The SMILES string of the molecule is CCCCc1cccc(-c2ccccc2)c1N1c2cc(-n3c4ccccc4c4ccccc43)ccc2B2c3cc(-c4ccccc4)ccc3N(c3c(-c4ccccc4)cc(-c4ccccc4)cc3-c3ccccc3)c3cc(C(C)(C)C)cc1c32.